The zero-order valence-corrected chi connectivity index (χ0v) is 83.2. The fourth-order valence-corrected chi connectivity index (χ4v) is 16.8. The van der Waals surface area contributed by atoms with E-state index < -0.39 is 289 Å². The average Bonchev–Trinajstić information content (AvgIpc) is 1.62. The predicted molar refractivity (Wildman–Crippen MR) is 502 cm³/mol. The van der Waals surface area contributed by atoms with Crippen LogP contribution in [0.25, 0.3) is 0 Å². The number of carbonyl (C=O) groups is 22. The van der Waals surface area contributed by atoms with Gasteiger partial charge in [0.1, 0.15) is 103 Å². The molecule has 0 aromatic carbocycles. The highest BCUT2D eigenvalue weighted by molar-refractivity contribution is 6.03. The Kier molecular flexibility index (Phi) is 48.9. The van der Waals surface area contributed by atoms with Crippen LogP contribution in [-0.4, -0.2) is 313 Å². The van der Waals surface area contributed by atoms with Crippen LogP contribution in [-0.2, 0) is 105 Å². The number of likely N-dealkylation sites (tertiary alicyclic amines) is 4. The molecule has 0 radical (unpaired) electrons. The molecule has 4 aliphatic heterocycles. The maximum absolute atomic E-state index is 14.9. The number of primary amides is 1. The molecule has 23 N–H and O–H groups in total. The zero-order chi connectivity index (χ0) is 104. The molecule has 19 amide bonds. The Balaban J connectivity index is 1.47. The maximum atomic E-state index is 14.9. The van der Waals surface area contributed by atoms with Crippen LogP contribution in [0.4, 0.5) is 0 Å². The zero-order valence-electron chi connectivity index (χ0n) is 83.2. The van der Waals surface area contributed by atoms with Crippen LogP contribution in [0.3, 0.4) is 0 Å². The number of carbonyl (C=O) groups excluding carboxylic acids is 19. The maximum Gasteiger partial charge on any atom is 0.326 e. The summed E-state index contributed by atoms with van der Waals surface area (Å²) in [5, 5.41) is 65.6. The molecule has 0 spiro atoms. The smallest absolute Gasteiger partial charge is 0.326 e. The Morgan fingerprint density at radius 2 is 0.659 bits per heavy atom. The van der Waals surface area contributed by atoms with E-state index in [0.29, 0.717) is 32.2 Å². The van der Waals surface area contributed by atoms with Gasteiger partial charge in [0, 0.05) is 39.0 Å². The van der Waals surface area contributed by atoms with Crippen molar-refractivity contribution in [2.45, 2.75) is 362 Å². The molecule has 0 saturated carbocycles. The minimum Gasteiger partial charge on any atom is -0.481 e. The van der Waals surface area contributed by atoms with E-state index in [1.165, 1.54) is 28.5 Å². The van der Waals surface area contributed by atoms with Gasteiger partial charge in [-0.05, 0) is 177 Å². The summed E-state index contributed by atoms with van der Waals surface area (Å²) < 4.78 is 0. The van der Waals surface area contributed by atoms with Crippen LogP contribution in [0.5, 0.6) is 0 Å². The van der Waals surface area contributed by atoms with Crippen molar-refractivity contribution in [1.82, 2.24) is 94.0 Å². The second kappa shape index (κ2) is 57.0. The molecule has 0 unspecified atom stereocenters. The molecule has 0 aromatic rings. The summed E-state index contributed by atoms with van der Waals surface area (Å²) in [5.74, 6) is -23.2. The Bertz CT molecular complexity index is 4280. The van der Waals surface area contributed by atoms with E-state index in [2.05, 4.69) is 74.4 Å². The van der Waals surface area contributed by atoms with Crippen LogP contribution >= 0.6 is 0 Å². The van der Waals surface area contributed by atoms with Crippen molar-refractivity contribution in [3.63, 3.8) is 0 Å². The van der Waals surface area contributed by atoms with E-state index in [1.807, 2.05) is 13.8 Å². The standard InChI is InChI=1S/C92H155N21O25/c1-45(2)39-58(104-83(128)63-26-22-36-111(63)89(134)71(95)49(9)10)77(122)96-44-68(115)97-53(17)75(120)98-54(18)76(121)101-57(31-33-69(116)117)88(133)110-35-21-29-66(110)86(131)109-74(52(15)16)91(136)112-37-23-27-64(112)84(129)105-60(41-47(5)6)81(126)107-72(50(11)12)87(132)100-55(25-19-20-34-93)78(123)99-56(30-32-67(94)114)79(124)103-61(43-70(118)119)80(125)102-59(40-46(3)4)82(127)108-73(51(13)14)90(135)113-38-24-28-65(113)85(130)106-62(92(137)138)42-48(7)8/h45-66,71-74H,19-44,93,95H2,1-18H3,(H2,94,114)(H,96,122)(H,97,115)(H,98,120)(H,99,123)(H,100,132)(H,101,121)(H,102,125)(H,103,124)(H,104,128)(H,105,129)(H,106,130)(H,107,126)(H,108,127)(H,109,131)(H,116,117)(H,118,119)(H,137,138)/t53-,54-,55-,56-,57-,58-,59-,60-,61-,62-,63-,64-,65-,66-,71-,72-,73-,74-/m0/s1. The molecule has 0 bridgehead atoms. The SMILES string of the molecule is CC(C)C[C@H](NC(=O)[C@@H]1CCCN1C(=O)[C@@H](NC(=O)[C@H](CC(C)C)NC(=O)[C@H](CC(=O)O)NC(=O)[C@H](CCC(N)=O)NC(=O)[C@H](CCCCN)NC(=O)[C@@H](NC(=O)[C@H](CC(C)C)NC(=O)[C@@H]1CCCN1C(=O)[C@@H](NC(=O)[C@@H]1CCCN1C(=O)[C@H](CCC(=O)O)NC(=O)[C@H](C)NC(=O)[C@H](C)NC(=O)CNC(=O)[C@H](CC(C)C)NC(=O)[C@@H]1CCCN1C(=O)[C@@H](N)C(C)C)C(C)C)C(C)C)C(C)C)C(=O)O. The molecule has 138 heavy (non-hydrogen) atoms. The number of carboxylic acid groups (broad SMARTS) is 3. The molecule has 778 valence electrons. The Morgan fingerprint density at radius 1 is 0.319 bits per heavy atom. The second-order valence-corrected chi connectivity index (χ2v) is 39.6. The quantitative estimate of drug-likeness (QED) is 0.0277. The molecule has 46 heteroatoms. The molecule has 4 heterocycles. The summed E-state index contributed by atoms with van der Waals surface area (Å²) in [4.78, 5) is 308. The van der Waals surface area contributed by atoms with E-state index in [0.717, 1.165) is 4.90 Å². The van der Waals surface area contributed by atoms with E-state index in [9.17, 15) is 121 Å². The molecule has 4 rings (SSSR count). The lowest BCUT2D eigenvalue weighted by Crippen LogP contribution is -2.62. The lowest BCUT2D eigenvalue weighted by atomic mass is 9.98. The van der Waals surface area contributed by atoms with Crippen molar-refractivity contribution >= 4 is 130 Å². The van der Waals surface area contributed by atoms with Crippen LogP contribution in [0.15, 0.2) is 0 Å². The third-order valence-corrected chi connectivity index (χ3v) is 24.5. The van der Waals surface area contributed by atoms with E-state index in [4.69, 9.17) is 17.2 Å². The van der Waals surface area contributed by atoms with Crippen LogP contribution in [0, 0.1) is 47.3 Å². The summed E-state index contributed by atoms with van der Waals surface area (Å²) >= 11 is 0. The average molecular weight is 1960 g/mol. The van der Waals surface area contributed by atoms with Crippen LogP contribution < -0.4 is 91.6 Å². The van der Waals surface area contributed by atoms with Gasteiger partial charge < -0.3 is 127 Å². The number of rotatable bonds is 57. The van der Waals surface area contributed by atoms with Gasteiger partial charge in [0.25, 0.3) is 0 Å². The first-order valence-corrected chi connectivity index (χ1v) is 48.4. The van der Waals surface area contributed by atoms with E-state index in [1.54, 1.807) is 96.9 Å². The highest BCUT2D eigenvalue weighted by atomic mass is 16.4. The van der Waals surface area contributed by atoms with Crippen molar-refractivity contribution in [1.29, 1.82) is 0 Å². The Hall–Kier alpha value is -11.7. The van der Waals surface area contributed by atoms with Crippen molar-refractivity contribution in [2.24, 2.45) is 64.5 Å². The van der Waals surface area contributed by atoms with Crippen molar-refractivity contribution in [3.05, 3.63) is 0 Å². The summed E-state index contributed by atoms with van der Waals surface area (Å²) in [7, 11) is 0. The van der Waals surface area contributed by atoms with Gasteiger partial charge in [0.05, 0.1) is 19.0 Å². The highest BCUT2D eigenvalue weighted by Gasteiger charge is 2.47. The highest BCUT2D eigenvalue weighted by Crippen LogP contribution is 2.28. The Labute approximate surface area is 807 Å². The van der Waals surface area contributed by atoms with E-state index >= 15 is 0 Å². The predicted octanol–water partition coefficient (Wildman–Crippen LogP) is -2.64. The number of nitrogens with zero attached hydrogens (tertiary/aromatic N) is 4. The first-order valence-electron chi connectivity index (χ1n) is 48.4. The normalized spacial score (nSPS) is 19.0. The lowest BCUT2D eigenvalue weighted by molar-refractivity contribution is -0.146. The van der Waals surface area contributed by atoms with Gasteiger partial charge in [-0.1, -0.05) is 111 Å². The van der Waals surface area contributed by atoms with Gasteiger partial charge in [-0.25, -0.2) is 4.79 Å². The first-order chi connectivity index (χ1) is 64.5. The van der Waals surface area contributed by atoms with Crippen LogP contribution in [0.2, 0.25) is 0 Å². The molecule has 4 aliphatic rings. The number of carboxylic acids is 3. The molecule has 46 nitrogen and oxygen atoms in total. The summed E-state index contributed by atoms with van der Waals surface area (Å²) in [6, 6.07) is -24.2. The fourth-order valence-electron chi connectivity index (χ4n) is 16.8. The van der Waals surface area contributed by atoms with E-state index in [-0.39, 0.29) is 132 Å². The van der Waals surface area contributed by atoms with Gasteiger partial charge in [-0.15, -0.1) is 0 Å². The summed E-state index contributed by atoms with van der Waals surface area (Å²) in [6.45, 7) is 29.8. The number of amides is 19. The van der Waals surface area contributed by atoms with Crippen molar-refractivity contribution in [2.75, 3.05) is 39.3 Å². The number of hydrogen-bond acceptors (Lipinski definition) is 24. The summed E-state index contributed by atoms with van der Waals surface area (Å²) in [5.41, 5.74) is 17.5. The third kappa shape index (κ3) is 37.5. The largest absolute Gasteiger partial charge is 0.481 e. The first kappa shape index (κ1) is 119. The number of nitrogens with two attached hydrogens (primary N) is 3. The van der Waals surface area contributed by atoms with Crippen molar-refractivity contribution in [3.8, 4) is 0 Å². The molecule has 4 saturated heterocycles. The minimum atomic E-state index is -1.98. The topological polar surface area (TPSA) is 696 Å². The van der Waals surface area contributed by atoms with Gasteiger partial charge in [0.15, 0.2) is 0 Å². The third-order valence-electron chi connectivity index (χ3n) is 24.5. The molecule has 18 atom stereocenters. The fraction of sp³-hybridized carbons (Fsp3) is 0.761. The van der Waals surface area contributed by atoms with Crippen molar-refractivity contribution < 1.29 is 121 Å². The second-order valence-electron chi connectivity index (χ2n) is 39.6. The molecule has 0 aromatic heterocycles. The van der Waals surface area contributed by atoms with Gasteiger partial charge >= 0.3 is 17.9 Å². The van der Waals surface area contributed by atoms with Gasteiger partial charge in [0.2, 0.25) is 112 Å². The lowest BCUT2D eigenvalue weighted by Gasteiger charge is -2.33. The number of hydrogen-bond donors (Lipinski definition) is 20. The molecular weight excluding hydrogens is 1800 g/mol. The Morgan fingerprint density at radius 3 is 1.08 bits per heavy atom. The molecule has 4 fully saturated rings. The number of aliphatic carboxylic acids is 3. The molecular formula is C92H155N21O25. The van der Waals surface area contributed by atoms with Gasteiger partial charge in [-0.3, -0.25) is 101 Å². The summed E-state index contributed by atoms with van der Waals surface area (Å²) in [6.07, 6.45) is -0.661. The molecule has 0 aliphatic carbocycles. The van der Waals surface area contributed by atoms with Crippen LogP contribution in [0.1, 0.15) is 253 Å². The van der Waals surface area contributed by atoms with Gasteiger partial charge in [-0.2, -0.15) is 0 Å². The minimum absolute atomic E-state index is 0.0148. The number of unbranched alkanes of at least 4 members (excludes halogenated alkanes) is 1. The number of nitrogens with one attached hydrogen (secondary N) is 14. The monoisotopic (exact) mass is 1950 g/mol.